The van der Waals surface area contributed by atoms with Gasteiger partial charge >= 0.3 is 6.61 Å². The topological polar surface area (TPSA) is 67.9 Å². The monoisotopic (exact) mass is 384 g/mol. The second-order valence-electron chi connectivity index (χ2n) is 6.97. The molecule has 6 nitrogen and oxygen atoms in total. The molecule has 0 radical (unpaired) electrons. The lowest BCUT2D eigenvalue weighted by molar-refractivity contribution is -0.133. The number of hydrogen-bond donors (Lipinski definition) is 1. The summed E-state index contributed by atoms with van der Waals surface area (Å²) in [5.74, 6) is 0.0954. The van der Waals surface area contributed by atoms with Crippen molar-refractivity contribution in [1.29, 1.82) is 0 Å². The minimum Gasteiger partial charge on any atom is -0.493 e. The van der Waals surface area contributed by atoms with Crippen LogP contribution >= 0.6 is 0 Å². The molecular weight excluding hydrogens is 358 g/mol. The Bertz CT molecular complexity index is 659. The molecule has 2 amide bonds. The lowest BCUT2D eigenvalue weighted by Gasteiger charge is -2.33. The van der Waals surface area contributed by atoms with Crippen LogP contribution in [0.1, 0.15) is 43.5 Å². The molecule has 1 aromatic rings. The van der Waals surface area contributed by atoms with Crippen molar-refractivity contribution >= 4 is 11.8 Å². The van der Waals surface area contributed by atoms with Gasteiger partial charge in [0.15, 0.2) is 11.5 Å². The number of benzene rings is 1. The third-order valence-corrected chi connectivity index (χ3v) is 4.41. The number of methoxy groups -OCH3 is 1. The zero-order valence-electron chi connectivity index (χ0n) is 15.8. The summed E-state index contributed by atoms with van der Waals surface area (Å²) in [6.45, 7) is 2.28. The fourth-order valence-corrected chi connectivity index (χ4v) is 3.02. The number of nitrogens with one attached hydrogen (secondary N) is 1. The lowest BCUT2D eigenvalue weighted by Crippen LogP contribution is -2.46. The molecule has 1 aliphatic heterocycles. The lowest BCUT2D eigenvalue weighted by atomic mass is 10.0. The molecule has 1 aromatic carbocycles. The predicted molar refractivity (Wildman–Crippen MR) is 96.1 cm³/mol. The Morgan fingerprint density at radius 1 is 1.22 bits per heavy atom. The Balaban J connectivity index is 1.91. The Labute approximate surface area is 157 Å². The van der Waals surface area contributed by atoms with Crippen LogP contribution < -0.4 is 14.8 Å². The number of alkyl halides is 2. The summed E-state index contributed by atoms with van der Waals surface area (Å²) in [5, 5.41) is 2.93. The molecule has 1 saturated heterocycles. The second-order valence-corrected chi connectivity index (χ2v) is 6.97. The molecule has 0 aliphatic carbocycles. The van der Waals surface area contributed by atoms with Gasteiger partial charge in [-0.1, -0.05) is 13.8 Å². The van der Waals surface area contributed by atoms with Gasteiger partial charge in [-0.25, -0.2) is 0 Å². The number of amides is 2. The van der Waals surface area contributed by atoms with E-state index in [1.54, 1.807) is 0 Å². The van der Waals surface area contributed by atoms with Gasteiger partial charge in [-0.2, -0.15) is 8.78 Å². The molecule has 0 spiro atoms. The summed E-state index contributed by atoms with van der Waals surface area (Å²) < 4.78 is 34.1. The molecule has 0 bridgehead atoms. The molecular formula is C19H26F2N2O4. The van der Waals surface area contributed by atoms with Crippen molar-refractivity contribution in [2.75, 3.05) is 20.2 Å². The molecule has 150 valence electrons. The van der Waals surface area contributed by atoms with Gasteiger partial charge in [-0.15, -0.1) is 0 Å². The Morgan fingerprint density at radius 3 is 2.44 bits per heavy atom. The van der Waals surface area contributed by atoms with Gasteiger partial charge in [0.1, 0.15) is 0 Å². The van der Waals surface area contributed by atoms with E-state index >= 15 is 0 Å². The molecule has 0 atom stereocenters. The number of likely N-dealkylation sites (tertiary alicyclic amines) is 1. The van der Waals surface area contributed by atoms with Crippen molar-refractivity contribution < 1.29 is 27.8 Å². The van der Waals surface area contributed by atoms with Crippen LogP contribution in [0.25, 0.3) is 0 Å². The SMILES string of the molecule is COc1cc(C(=O)NC2CCN(C(=O)CC(C)C)CC2)ccc1OC(F)F. The number of carbonyl (C=O) groups is 2. The zero-order chi connectivity index (χ0) is 20.0. The predicted octanol–water partition coefficient (Wildman–Crippen LogP) is 3.06. The van der Waals surface area contributed by atoms with E-state index in [4.69, 9.17) is 4.74 Å². The van der Waals surface area contributed by atoms with E-state index in [9.17, 15) is 18.4 Å². The van der Waals surface area contributed by atoms with Crippen LogP contribution in [0.2, 0.25) is 0 Å². The summed E-state index contributed by atoms with van der Waals surface area (Å²) in [7, 11) is 1.32. The molecule has 27 heavy (non-hydrogen) atoms. The highest BCUT2D eigenvalue weighted by atomic mass is 19.3. The maximum Gasteiger partial charge on any atom is 0.387 e. The van der Waals surface area contributed by atoms with Crippen LogP contribution in [0.5, 0.6) is 11.5 Å². The van der Waals surface area contributed by atoms with Crippen molar-refractivity contribution in [3.05, 3.63) is 23.8 Å². The Kier molecular flexibility index (Phi) is 7.38. The number of nitrogens with zero attached hydrogens (tertiary/aromatic N) is 1. The Morgan fingerprint density at radius 2 is 1.89 bits per heavy atom. The van der Waals surface area contributed by atoms with Gasteiger partial charge in [0.25, 0.3) is 5.91 Å². The van der Waals surface area contributed by atoms with E-state index in [0.717, 1.165) is 0 Å². The molecule has 0 unspecified atom stereocenters. The first-order chi connectivity index (χ1) is 12.8. The third-order valence-electron chi connectivity index (χ3n) is 4.41. The molecule has 0 aromatic heterocycles. The first-order valence-corrected chi connectivity index (χ1v) is 9.01. The minimum atomic E-state index is -2.97. The normalized spacial score (nSPS) is 15.1. The first kappa shape index (κ1) is 20.9. The van der Waals surface area contributed by atoms with Gasteiger partial charge in [0, 0.05) is 31.1 Å². The van der Waals surface area contributed by atoms with Gasteiger partial charge in [0.2, 0.25) is 5.91 Å². The highest BCUT2D eigenvalue weighted by Crippen LogP contribution is 2.29. The van der Waals surface area contributed by atoms with Crippen molar-refractivity contribution in [1.82, 2.24) is 10.2 Å². The fourth-order valence-electron chi connectivity index (χ4n) is 3.02. The number of ether oxygens (including phenoxy) is 2. The summed E-state index contributed by atoms with van der Waals surface area (Å²) in [5.41, 5.74) is 0.298. The van der Waals surface area contributed by atoms with E-state index in [1.165, 1.54) is 25.3 Å². The maximum absolute atomic E-state index is 12.4. The second kappa shape index (κ2) is 9.53. The van der Waals surface area contributed by atoms with Crippen molar-refractivity contribution in [3.63, 3.8) is 0 Å². The average molecular weight is 384 g/mol. The van der Waals surface area contributed by atoms with Crippen LogP contribution in [0.4, 0.5) is 8.78 Å². The standard InChI is InChI=1S/C19H26F2N2O4/c1-12(2)10-17(24)23-8-6-14(7-9-23)22-18(25)13-4-5-15(27-19(20)21)16(11-13)26-3/h4-5,11-12,14,19H,6-10H2,1-3H3,(H,22,25). The third kappa shape index (κ3) is 6.08. The number of hydrogen-bond acceptors (Lipinski definition) is 4. The van der Waals surface area contributed by atoms with E-state index in [1.807, 2.05) is 18.7 Å². The number of halogens is 2. The van der Waals surface area contributed by atoms with E-state index in [0.29, 0.717) is 43.8 Å². The smallest absolute Gasteiger partial charge is 0.387 e. The van der Waals surface area contributed by atoms with Crippen LogP contribution in [0.3, 0.4) is 0 Å². The van der Waals surface area contributed by atoms with E-state index < -0.39 is 6.61 Å². The number of piperidine rings is 1. The van der Waals surface area contributed by atoms with Crippen molar-refractivity contribution in [3.8, 4) is 11.5 Å². The quantitative estimate of drug-likeness (QED) is 0.785. The highest BCUT2D eigenvalue weighted by molar-refractivity contribution is 5.95. The highest BCUT2D eigenvalue weighted by Gasteiger charge is 2.24. The van der Waals surface area contributed by atoms with Gasteiger partial charge in [0.05, 0.1) is 7.11 Å². The summed E-state index contributed by atoms with van der Waals surface area (Å²) >= 11 is 0. The van der Waals surface area contributed by atoms with Crippen LogP contribution in [-0.2, 0) is 4.79 Å². The number of carbonyl (C=O) groups excluding carboxylic acids is 2. The number of rotatable bonds is 7. The van der Waals surface area contributed by atoms with Gasteiger partial charge in [-0.05, 0) is 37.0 Å². The van der Waals surface area contributed by atoms with Gasteiger partial charge in [-0.3, -0.25) is 9.59 Å². The maximum atomic E-state index is 12.4. The summed E-state index contributed by atoms with van der Waals surface area (Å²) in [6.07, 6.45) is 1.89. The summed E-state index contributed by atoms with van der Waals surface area (Å²) in [4.78, 5) is 26.4. The molecule has 1 aliphatic rings. The molecule has 0 saturated carbocycles. The average Bonchev–Trinajstić information content (AvgIpc) is 2.61. The van der Waals surface area contributed by atoms with Gasteiger partial charge < -0.3 is 19.7 Å². The van der Waals surface area contributed by atoms with Crippen molar-refractivity contribution in [2.45, 2.75) is 45.8 Å². The van der Waals surface area contributed by atoms with E-state index in [2.05, 4.69) is 10.1 Å². The zero-order valence-corrected chi connectivity index (χ0v) is 15.8. The summed E-state index contributed by atoms with van der Waals surface area (Å²) in [6, 6.07) is 4.03. The molecule has 1 N–H and O–H groups in total. The van der Waals surface area contributed by atoms with Crippen molar-refractivity contribution in [2.24, 2.45) is 5.92 Å². The first-order valence-electron chi connectivity index (χ1n) is 9.01. The van der Waals surface area contributed by atoms with Crippen LogP contribution in [0.15, 0.2) is 18.2 Å². The molecule has 1 heterocycles. The largest absolute Gasteiger partial charge is 0.493 e. The van der Waals surface area contributed by atoms with E-state index in [-0.39, 0.29) is 29.4 Å². The van der Waals surface area contributed by atoms with Crippen LogP contribution in [0, 0.1) is 5.92 Å². The molecule has 2 rings (SSSR count). The molecule has 8 heteroatoms. The fraction of sp³-hybridized carbons (Fsp3) is 0.579. The Hall–Kier alpha value is -2.38. The minimum absolute atomic E-state index is 0.0383. The van der Waals surface area contributed by atoms with Crippen LogP contribution in [-0.4, -0.2) is 49.6 Å². The molecule has 1 fully saturated rings.